The first kappa shape index (κ1) is 11.6. The maximum atomic E-state index is 9.18. The highest BCUT2D eigenvalue weighted by Crippen LogP contribution is 2.23. The third kappa shape index (κ3) is 4.21. The van der Waals surface area contributed by atoms with Gasteiger partial charge in [0.1, 0.15) is 6.61 Å². The van der Waals surface area contributed by atoms with Crippen LogP contribution >= 0.6 is 0 Å². The molecule has 0 atom stereocenters. The number of para-hydroxylation sites is 2. The quantitative estimate of drug-likeness (QED) is 0.724. The average molecular weight is 180 g/mol. The Balaban J connectivity index is 0.000000671. The standard InChI is InChI=1S/C9H10O2.C2H6/c1-2-7-11-9-6-4-3-5-8(9)10;1-2/h2-6,10H,1,7H2;1-2H3. The minimum Gasteiger partial charge on any atom is -0.504 e. The van der Waals surface area contributed by atoms with Gasteiger partial charge in [0.25, 0.3) is 0 Å². The van der Waals surface area contributed by atoms with E-state index < -0.39 is 0 Å². The van der Waals surface area contributed by atoms with Gasteiger partial charge in [0.15, 0.2) is 11.5 Å². The Morgan fingerprint density at radius 2 is 2.00 bits per heavy atom. The molecule has 1 aromatic rings. The first-order valence-electron chi connectivity index (χ1n) is 4.36. The van der Waals surface area contributed by atoms with Crippen LogP contribution in [0.2, 0.25) is 0 Å². The van der Waals surface area contributed by atoms with E-state index in [4.69, 9.17) is 4.74 Å². The molecular weight excluding hydrogens is 164 g/mol. The molecular formula is C11H16O2. The van der Waals surface area contributed by atoms with Crippen molar-refractivity contribution in [2.24, 2.45) is 0 Å². The van der Waals surface area contributed by atoms with Gasteiger partial charge in [0, 0.05) is 0 Å². The second-order valence-corrected chi connectivity index (χ2v) is 2.07. The molecule has 13 heavy (non-hydrogen) atoms. The van der Waals surface area contributed by atoms with Crippen LogP contribution in [0.25, 0.3) is 0 Å². The van der Waals surface area contributed by atoms with Crippen molar-refractivity contribution >= 4 is 0 Å². The zero-order chi connectivity index (χ0) is 10.1. The molecule has 0 bridgehead atoms. The van der Waals surface area contributed by atoms with Gasteiger partial charge < -0.3 is 9.84 Å². The third-order valence-corrected chi connectivity index (χ3v) is 1.22. The third-order valence-electron chi connectivity index (χ3n) is 1.22. The van der Waals surface area contributed by atoms with Crippen molar-refractivity contribution in [2.75, 3.05) is 6.61 Å². The monoisotopic (exact) mass is 180 g/mol. The molecule has 0 aromatic heterocycles. The molecule has 0 amide bonds. The minimum absolute atomic E-state index is 0.161. The molecule has 2 heteroatoms. The SMILES string of the molecule is C=CCOc1ccccc1O.CC. The zero-order valence-electron chi connectivity index (χ0n) is 8.16. The average Bonchev–Trinajstić information content (AvgIpc) is 2.20. The Morgan fingerprint density at radius 1 is 1.38 bits per heavy atom. The van der Waals surface area contributed by atoms with Crippen LogP contribution < -0.4 is 4.74 Å². The van der Waals surface area contributed by atoms with Crippen LogP contribution in [0, 0.1) is 0 Å². The van der Waals surface area contributed by atoms with Crippen molar-refractivity contribution < 1.29 is 9.84 Å². The maximum absolute atomic E-state index is 9.18. The molecule has 1 N–H and O–H groups in total. The lowest BCUT2D eigenvalue weighted by molar-refractivity contribution is 0.336. The summed E-state index contributed by atoms with van der Waals surface area (Å²) in [6.45, 7) is 7.91. The maximum Gasteiger partial charge on any atom is 0.161 e. The van der Waals surface area contributed by atoms with Gasteiger partial charge in [0.2, 0.25) is 0 Å². The highest BCUT2D eigenvalue weighted by Gasteiger charge is 1.96. The summed E-state index contributed by atoms with van der Waals surface area (Å²) in [4.78, 5) is 0. The molecule has 0 spiro atoms. The first-order valence-corrected chi connectivity index (χ1v) is 4.36. The summed E-state index contributed by atoms with van der Waals surface area (Å²) in [6.07, 6.45) is 1.63. The van der Waals surface area contributed by atoms with Crippen molar-refractivity contribution in [2.45, 2.75) is 13.8 Å². The Labute approximate surface area is 79.5 Å². The van der Waals surface area contributed by atoms with E-state index in [-0.39, 0.29) is 5.75 Å². The van der Waals surface area contributed by atoms with Gasteiger partial charge in [-0.15, -0.1) is 0 Å². The van der Waals surface area contributed by atoms with E-state index in [0.717, 1.165) is 0 Å². The molecule has 0 heterocycles. The first-order chi connectivity index (χ1) is 6.34. The van der Waals surface area contributed by atoms with Crippen molar-refractivity contribution in [1.82, 2.24) is 0 Å². The van der Waals surface area contributed by atoms with Crippen LogP contribution in [0.3, 0.4) is 0 Å². The normalized spacial score (nSPS) is 8.15. The fraction of sp³-hybridized carbons (Fsp3) is 0.273. The highest BCUT2D eigenvalue weighted by atomic mass is 16.5. The van der Waals surface area contributed by atoms with E-state index in [1.807, 2.05) is 13.8 Å². The summed E-state index contributed by atoms with van der Waals surface area (Å²) in [7, 11) is 0. The number of phenolic OH excluding ortho intramolecular Hbond substituents is 1. The number of hydrogen-bond donors (Lipinski definition) is 1. The Kier molecular flexibility index (Phi) is 6.42. The lowest BCUT2D eigenvalue weighted by Crippen LogP contribution is -1.92. The van der Waals surface area contributed by atoms with E-state index in [1.165, 1.54) is 0 Å². The molecule has 1 rings (SSSR count). The molecule has 1 aromatic carbocycles. The molecule has 0 saturated carbocycles. The van der Waals surface area contributed by atoms with E-state index in [0.29, 0.717) is 12.4 Å². The minimum atomic E-state index is 0.161. The summed E-state index contributed by atoms with van der Waals surface area (Å²) in [5.41, 5.74) is 0. The van der Waals surface area contributed by atoms with E-state index in [1.54, 1.807) is 30.3 Å². The van der Waals surface area contributed by atoms with Gasteiger partial charge in [-0.25, -0.2) is 0 Å². The van der Waals surface area contributed by atoms with Gasteiger partial charge in [-0.1, -0.05) is 38.6 Å². The van der Waals surface area contributed by atoms with Crippen molar-refractivity contribution in [3.05, 3.63) is 36.9 Å². The zero-order valence-corrected chi connectivity index (χ0v) is 8.16. The number of ether oxygens (including phenoxy) is 1. The van der Waals surface area contributed by atoms with Gasteiger partial charge >= 0.3 is 0 Å². The lowest BCUT2D eigenvalue weighted by atomic mass is 10.3. The Morgan fingerprint density at radius 3 is 2.54 bits per heavy atom. The highest BCUT2D eigenvalue weighted by molar-refractivity contribution is 5.37. The molecule has 0 radical (unpaired) electrons. The second kappa shape index (κ2) is 7.22. The second-order valence-electron chi connectivity index (χ2n) is 2.07. The summed E-state index contributed by atoms with van der Waals surface area (Å²) < 4.78 is 5.12. The molecule has 0 aliphatic rings. The van der Waals surface area contributed by atoms with E-state index in [2.05, 4.69) is 6.58 Å². The summed E-state index contributed by atoms with van der Waals surface area (Å²) in [5, 5.41) is 9.18. The molecule has 0 fully saturated rings. The molecule has 0 aliphatic heterocycles. The number of aromatic hydroxyl groups is 1. The lowest BCUT2D eigenvalue weighted by Gasteiger charge is -2.03. The number of phenols is 1. The molecule has 0 aliphatic carbocycles. The molecule has 2 nitrogen and oxygen atoms in total. The summed E-state index contributed by atoms with van der Waals surface area (Å²) in [6, 6.07) is 6.84. The van der Waals surface area contributed by atoms with E-state index in [9.17, 15) is 5.11 Å². The van der Waals surface area contributed by atoms with Gasteiger partial charge in [-0.3, -0.25) is 0 Å². The van der Waals surface area contributed by atoms with Crippen LogP contribution in [0.4, 0.5) is 0 Å². The van der Waals surface area contributed by atoms with Crippen molar-refractivity contribution in [3.63, 3.8) is 0 Å². The molecule has 0 unspecified atom stereocenters. The predicted octanol–water partition coefficient (Wildman–Crippen LogP) is 2.98. The van der Waals surface area contributed by atoms with Crippen LogP contribution in [0.1, 0.15) is 13.8 Å². The topological polar surface area (TPSA) is 29.5 Å². The molecule has 72 valence electrons. The van der Waals surface area contributed by atoms with Crippen LogP contribution in [0.15, 0.2) is 36.9 Å². The van der Waals surface area contributed by atoms with E-state index >= 15 is 0 Å². The van der Waals surface area contributed by atoms with Gasteiger partial charge in [0.05, 0.1) is 0 Å². The summed E-state index contributed by atoms with van der Waals surface area (Å²) >= 11 is 0. The largest absolute Gasteiger partial charge is 0.504 e. The van der Waals surface area contributed by atoms with Crippen LogP contribution in [0.5, 0.6) is 11.5 Å². The Hall–Kier alpha value is -1.44. The van der Waals surface area contributed by atoms with Gasteiger partial charge in [-0.2, -0.15) is 0 Å². The molecule has 0 saturated heterocycles. The fourth-order valence-electron chi connectivity index (χ4n) is 0.728. The van der Waals surface area contributed by atoms with Crippen LogP contribution in [-0.2, 0) is 0 Å². The Bertz CT molecular complexity index is 244. The smallest absolute Gasteiger partial charge is 0.161 e. The van der Waals surface area contributed by atoms with Crippen molar-refractivity contribution in [3.8, 4) is 11.5 Å². The fourth-order valence-corrected chi connectivity index (χ4v) is 0.728. The number of benzene rings is 1. The number of rotatable bonds is 3. The number of hydrogen-bond acceptors (Lipinski definition) is 2. The van der Waals surface area contributed by atoms with Crippen molar-refractivity contribution in [1.29, 1.82) is 0 Å². The van der Waals surface area contributed by atoms with Gasteiger partial charge in [-0.05, 0) is 12.1 Å². The predicted molar refractivity (Wildman–Crippen MR) is 55.1 cm³/mol. The summed E-state index contributed by atoms with van der Waals surface area (Å²) in [5.74, 6) is 0.654. The van der Waals surface area contributed by atoms with Crippen LogP contribution in [-0.4, -0.2) is 11.7 Å².